The number of ketones is 1. The minimum Gasteiger partial charge on any atom is -0.350 e. The van der Waals surface area contributed by atoms with E-state index in [0.717, 1.165) is 30.6 Å². The number of Topliss-reactive ketones (excluding diaryl/α,β-unsaturated/α-hetero) is 1. The average molecular weight is 358 g/mol. The van der Waals surface area contributed by atoms with E-state index in [1.165, 1.54) is 64.5 Å². The molecular formula is C23H35NO2. The first-order chi connectivity index (χ1) is 12.5. The van der Waals surface area contributed by atoms with Crippen molar-refractivity contribution < 1.29 is 9.53 Å². The van der Waals surface area contributed by atoms with Gasteiger partial charge in [0.2, 0.25) is 0 Å². The lowest BCUT2D eigenvalue weighted by Gasteiger charge is -2.59. The number of carbonyl (C=O) groups excluding carboxylic acids is 1. The van der Waals surface area contributed by atoms with Crippen LogP contribution in [0, 0.1) is 34.5 Å². The summed E-state index contributed by atoms with van der Waals surface area (Å²) in [4.78, 5) is 15.3. The summed E-state index contributed by atoms with van der Waals surface area (Å²) >= 11 is 0. The molecule has 6 rings (SSSR count). The molecule has 1 unspecified atom stereocenters. The third kappa shape index (κ3) is 1.90. The zero-order valence-electron chi connectivity index (χ0n) is 16.6. The lowest BCUT2D eigenvalue weighted by Crippen LogP contribution is -2.56. The predicted molar refractivity (Wildman–Crippen MR) is 101 cm³/mol. The van der Waals surface area contributed by atoms with Crippen LogP contribution in [-0.4, -0.2) is 35.6 Å². The van der Waals surface area contributed by atoms with Gasteiger partial charge in [-0.3, -0.25) is 9.69 Å². The van der Waals surface area contributed by atoms with Crippen molar-refractivity contribution in [1.29, 1.82) is 0 Å². The van der Waals surface area contributed by atoms with Crippen molar-refractivity contribution in [3.05, 3.63) is 0 Å². The van der Waals surface area contributed by atoms with Gasteiger partial charge in [-0.1, -0.05) is 13.8 Å². The second-order valence-electron chi connectivity index (χ2n) is 11.1. The van der Waals surface area contributed by atoms with E-state index < -0.39 is 0 Å². The molecule has 2 aliphatic heterocycles. The summed E-state index contributed by atoms with van der Waals surface area (Å²) < 4.78 is 6.48. The second-order valence-corrected chi connectivity index (χ2v) is 11.1. The van der Waals surface area contributed by atoms with Crippen LogP contribution in [0.1, 0.15) is 78.1 Å². The van der Waals surface area contributed by atoms with Gasteiger partial charge in [-0.25, -0.2) is 0 Å². The molecule has 2 heterocycles. The van der Waals surface area contributed by atoms with Crippen molar-refractivity contribution in [1.82, 2.24) is 4.90 Å². The highest BCUT2D eigenvalue weighted by molar-refractivity contribution is 5.87. The Morgan fingerprint density at radius 3 is 2.62 bits per heavy atom. The van der Waals surface area contributed by atoms with Crippen LogP contribution in [0.25, 0.3) is 0 Å². The van der Waals surface area contributed by atoms with E-state index in [1.807, 2.05) is 0 Å². The van der Waals surface area contributed by atoms with Crippen molar-refractivity contribution in [3.63, 3.8) is 0 Å². The van der Waals surface area contributed by atoms with Gasteiger partial charge in [0.1, 0.15) is 17.6 Å². The topological polar surface area (TPSA) is 32.8 Å². The van der Waals surface area contributed by atoms with Crippen molar-refractivity contribution in [2.45, 2.75) is 89.9 Å². The molecule has 144 valence electrons. The van der Waals surface area contributed by atoms with E-state index in [0.29, 0.717) is 23.2 Å². The quantitative estimate of drug-likeness (QED) is 0.652. The third-order valence-electron chi connectivity index (χ3n) is 10.4. The summed E-state index contributed by atoms with van der Waals surface area (Å²) in [5, 5.41) is 0. The molecule has 0 N–H and O–H groups in total. The van der Waals surface area contributed by atoms with Crippen LogP contribution in [0.5, 0.6) is 0 Å². The second kappa shape index (κ2) is 5.14. The van der Waals surface area contributed by atoms with Gasteiger partial charge < -0.3 is 4.74 Å². The Morgan fingerprint density at radius 1 is 1.00 bits per heavy atom. The molecule has 2 saturated heterocycles. The summed E-state index contributed by atoms with van der Waals surface area (Å²) in [6.07, 6.45) is 13.0. The van der Waals surface area contributed by atoms with Gasteiger partial charge in [-0.05, 0) is 86.9 Å². The Bertz CT molecular complexity index is 642. The fraction of sp³-hybridized carbons (Fsp3) is 0.957. The summed E-state index contributed by atoms with van der Waals surface area (Å²) in [6.45, 7) is 7.44. The van der Waals surface area contributed by atoms with Gasteiger partial charge >= 0.3 is 0 Å². The number of likely N-dealkylation sites (tertiary alicyclic amines) is 1. The largest absolute Gasteiger partial charge is 0.350 e. The summed E-state index contributed by atoms with van der Waals surface area (Å²) in [6, 6.07) is 0. The molecule has 0 spiro atoms. The SMILES string of the molecule is C[C@]12C[C@H]3O[C@@]3(N3CCCC3)CC1CC[C@@H]1[C@@H]2CC[C@]2(C)C(=O)CC[C@@H]12. The highest BCUT2D eigenvalue weighted by Gasteiger charge is 2.70. The van der Waals surface area contributed by atoms with Gasteiger partial charge in [-0.15, -0.1) is 0 Å². The lowest BCUT2D eigenvalue weighted by atomic mass is 9.45. The molecule has 4 aliphatic carbocycles. The first-order valence-electron chi connectivity index (χ1n) is 11.4. The van der Waals surface area contributed by atoms with Crippen molar-refractivity contribution in [2.75, 3.05) is 13.1 Å². The first kappa shape index (κ1) is 16.5. The Labute approximate surface area is 158 Å². The molecule has 6 aliphatic rings. The van der Waals surface area contributed by atoms with Gasteiger partial charge in [0.25, 0.3) is 0 Å². The van der Waals surface area contributed by atoms with Crippen LogP contribution in [-0.2, 0) is 9.53 Å². The molecular weight excluding hydrogens is 322 g/mol. The maximum absolute atomic E-state index is 12.6. The molecule has 0 bridgehead atoms. The molecule has 0 radical (unpaired) electrons. The van der Waals surface area contributed by atoms with Crippen LogP contribution in [0.4, 0.5) is 0 Å². The molecule has 6 fully saturated rings. The monoisotopic (exact) mass is 357 g/mol. The Morgan fingerprint density at radius 2 is 1.81 bits per heavy atom. The number of hydrogen-bond acceptors (Lipinski definition) is 3. The van der Waals surface area contributed by atoms with Crippen LogP contribution < -0.4 is 0 Å². The Balaban J connectivity index is 1.28. The van der Waals surface area contributed by atoms with Crippen LogP contribution in [0.3, 0.4) is 0 Å². The van der Waals surface area contributed by atoms with Gasteiger partial charge in [0.15, 0.2) is 0 Å². The van der Waals surface area contributed by atoms with E-state index >= 15 is 0 Å². The lowest BCUT2D eigenvalue weighted by molar-refractivity contribution is -0.139. The number of epoxide rings is 1. The van der Waals surface area contributed by atoms with Gasteiger partial charge in [-0.2, -0.15) is 0 Å². The predicted octanol–water partition coefficient (Wildman–Crippen LogP) is 4.40. The Hall–Kier alpha value is -0.410. The molecule has 0 amide bonds. The zero-order chi connectivity index (χ0) is 17.7. The molecule has 3 heteroatoms. The Kier molecular flexibility index (Phi) is 3.27. The van der Waals surface area contributed by atoms with E-state index in [9.17, 15) is 4.79 Å². The van der Waals surface area contributed by atoms with Crippen molar-refractivity contribution in [3.8, 4) is 0 Å². The van der Waals surface area contributed by atoms with E-state index in [2.05, 4.69) is 18.7 Å². The van der Waals surface area contributed by atoms with E-state index in [1.54, 1.807) is 0 Å². The normalized spacial score (nSPS) is 58.7. The molecule has 4 saturated carbocycles. The van der Waals surface area contributed by atoms with Crippen molar-refractivity contribution in [2.24, 2.45) is 34.5 Å². The van der Waals surface area contributed by atoms with Gasteiger partial charge in [0.05, 0.1) is 0 Å². The highest BCUT2D eigenvalue weighted by atomic mass is 16.6. The molecule has 0 aromatic heterocycles. The number of nitrogens with zero attached hydrogens (tertiary/aromatic N) is 1. The highest BCUT2D eigenvalue weighted by Crippen LogP contribution is 2.69. The number of hydrogen-bond donors (Lipinski definition) is 0. The molecule has 0 aromatic rings. The van der Waals surface area contributed by atoms with Crippen molar-refractivity contribution >= 4 is 5.78 Å². The summed E-state index contributed by atoms with van der Waals surface area (Å²) in [5.41, 5.74) is 0.620. The number of ether oxygens (including phenoxy) is 1. The average Bonchev–Trinajstić information content (AvgIpc) is 2.96. The smallest absolute Gasteiger partial charge is 0.149 e. The van der Waals surface area contributed by atoms with E-state index in [-0.39, 0.29) is 11.1 Å². The van der Waals surface area contributed by atoms with Crippen LogP contribution in [0.15, 0.2) is 0 Å². The van der Waals surface area contributed by atoms with Crippen LogP contribution >= 0.6 is 0 Å². The fourth-order valence-electron chi connectivity index (χ4n) is 8.81. The maximum atomic E-state index is 12.6. The minimum absolute atomic E-state index is 0.0222. The molecule has 26 heavy (non-hydrogen) atoms. The third-order valence-corrected chi connectivity index (χ3v) is 10.4. The van der Waals surface area contributed by atoms with Gasteiger partial charge in [0, 0.05) is 24.9 Å². The molecule has 8 atom stereocenters. The minimum atomic E-state index is 0.0222. The number of fused-ring (bicyclic) bond motifs is 6. The fourth-order valence-corrected chi connectivity index (χ4v) is 8.81. The standard InChI is InChI=1S/C23H35NO2/c1-21-10-9-18-16(17(21)7-8-19(21)25)6-5-15-13-23(24-11-3-4-12-24)20(26-23)14-22(15,18)2/h15-18,20H,3-14H2,1-2H3/t15?,16-,17-,18-,20+,21-,22-,23-/m0/s1. The zero-order valence-corrected chi connectivity index (χ0v) is 16.6. The number of carbonyl (C=O) groups is 1. The number of rotatable bonds is 1. The van der Waals surface area contributed by atoms with E-state index in [4.69, 9.17) is 4.74 Å². The molecule has 0 aromatic carbocycles. The summed E-state index contributed by atoms with van der Waals surface area (Å²) in [7, 11) is 0. The summed E-state index contributed by atoms with van der Waals surface area (Å²) in [5.74, 6) is 3.74. The molecule has 3 nitrogen and oxygen atoms in total. The maximum Gasteiger partial charge on any atom is 0.149 e. The van der Waals surface area contributed by atoms with Crippen LogP contribution in [0.2, 0.25) is 0 Å². The first-order valence-corrected chi connectivity index (χ1v) is 11.4.